The summed E-state index contributed by atoms with van der Waals surface area (Å²) in [5, 5.41) is 12.2. The van der Waals surface area contributed by atoms with Gasteiger partial charge in [0.25, 0.3) is 0 Å². The first-order valence-corrected chi connectivity index (χ1v) is 9.00. The number of amides is 1. The van der Waals surface area contributed by atoms with Crippen molar-refractivity contribution in [3.05, 3.63) is 29.8 Å². The molecule has 2 N–H and O–H groups in total. The van der Waals surface area contributed by atoms with Crippen molar-refractivity contribution in [1.29, 1.82) is 0 Å². The average Bonchev–Trinajstić information content (AvgIpc) is 2.60. The number of methoxy groups -OCH3 is 1. The zero-order valence-corrected chi connectivity index (χ0v) is 14.7. The quantitative estimate of drug-likeness (QED) is 0.781. The Morgan fingerprint density at radius 1 is 1.38 bits per heavy atom. The first-order chi connectivity index (χ1) is 11.5. The van der Waals surface area contributed by atoms with E-state index >= 15 is 0 Å². The van der Waals surface area contributed by atoms with Gasteiger partial charge in [0, 0.05) is 0 Å². The smallest absolute Gasteiger partial charge is 0.329 e. The Balaban J connectivity index is 1.92. The molecule has 1 amide bonds. The number of carbonyl (C=O) groups excluding carboxylic acids is 1. The molecule has 1 saturated heterocycles. The van der Waals surface area contributed by atoms with Gasteiger partial charge in [0.05, 0.1) is 13.7 Å². The number of ether oxygens (including phenoxy) is 2. The van der Waals surface area contributed by atoms with E-state index in [-0.39, 0.29) is 6.61 Å². The van der Waals surface area contributed by atoms with Crippen molar-refractivity contribution >= 4 is 23.6 Å². The summed E-state index contributed by atoms with van der Waals surface area (Å²) in [6.45, 7) is 1.88. The predicted molar refractivity (Wildman–Crippen MR) is 92.3 cm³/mol. The van der Waals surface area contributed by atoms with Crippen LogP contribution in [0.1, 0.15) is 25.3 Å². The van der Waals surface area contributed by atoms with Gasteiger partial charge in [-0.05, 0) is 49.0 Å². The van der Waals surface area contributed by atoms with Crippen LogP contribution >= 0.6 is 11.8 Å². The van der Waals surface area contributed by atoms with E-state index in [1.165, 1.54) is 0 Å². The second-order valence-electron chi connectivity index (χ2n) is 5.79. The van der Waals surface area contributed by atoms with Gasteiger partial charge < -0.3 is 19.9 Å². The average molecular weight is 353 g/mol. The van der Waals surface area contributed by atoms with Gasteiger partial charge in [0.15, 0.2) is 0 Å². The van der Waals surface area contributed by atoms with Crippen LogP contribution in [0.15, 0.2) is 24.3 Å². The highest BCUT2D eigenvalue weighted by atomic mass is 32.2. The highest BCUT2D eigenvalue weighted by Gasteiger charge is 2.42. The number of carboxylic acids is 1. The van der Waals surface area contributed by atoms with Crippen LogP contribution < -0.4 is 10.1 Å². The molecule has 1 atom stereocenters. The van der Waals surface area contributed by atoms with Crippen molar-refractivity contribution in [3.63, 3.8) is 0 Å². The molecule has 132 valence electrons. The minimum atomic E-state index is -1.17. The van der Waals surface area contributed by atoms with E-state index in [1.54, 1.807) is 25.8 Å². The lowest BCUT2D eigenvalue weighted by Crippen LogP contribution is -2.58. The zero-order chi connectivity index (χ0) is 17.6. The van der Waals surface area contributed by atoms with Crippen molar-refractivity contribution in [3.8, 4) is 5.75 Å². The van der Waals surface area contributed by atoms with Crippen molar-refractivity contribution in [2.24, 2.45) is 0 Å². The third-order valence-electron chi connectivity index (χ3n) is 4.12. The number of thioether (sulfide) groups is 1. The molecule has 1 fully saturated rings. The minimum absolute atomic E-state index is 0.252. The summed E-state index contributed by atoms with van der Waals surface area (Å²) in [5.74, 6) is 0.804. The summed E-state index contributed by atoms with van der Waals surface area (Å²) in [7, 11) is 1.59. The summed E-state index contributed by atoms with van der Waals surface area (Å²) < 4.78 is 10.7. The van der Waals surface area contributed by atoms with Crippen LogP contribution in [0.5, 0.6) is 5.75 Å². The molecule has 1 aromatic rings. The topological polar surface area (TPSA) is 84.9 Å². The van der Waals surface area contributed by atoms with Crippen molar-refractivity contribution in [2.75, 3.05) is 18.6 Å². The van der Waals surface area contributed by atoms with Crippen LogP contribution in [-0.2, 0) is 20.9 Å². The molecule has 1 aliphatic rings. The molecule has 0 saturated carbocycles. The zero-order valence-electron chi connectivity index (χ0n) is 13.9. The molecule has 0 bridgehead atoms. The number of benzene rings is 1. The molecular formula is C17H23NO5S. The van der Waals surface area contributed by atoms with E-state index in [2.05, 4.69) is 5.32 Å². The fourth-order valence-corrected chi connectivity index (χ4v) is 3.70. The van der Waals surface area contributed by atoms with Crippen LogP contribution in [0.3, 0.4) is 0 Å². The lowest BCUT2D eigenvalue weighted by atomic mass is 9.92. The molecule has 0 spiro atoms. The monoisotopic (exact) mass is 353 g/mol. The number of aliphatic carboxylic acids is 1. The molecule has 0 radical (unpaired) electrons. The van der Waals surface area contributed by atoms with Gasteiger partial charge in [0.1, 0.15) is 17.4 Å². The Labute approximate surface area is 145 Å². The Bertz CT molecular complexity index is 586. The number of nitrogens with one attached hydrogen (secondary N) is 1. The maximum Gasteiger partial charge on any atom is 0.329 e. The van der Waals surface area contributed by atoms with Gasteiger partial charge in [-0.15, -0.1) is 0 Å². The van der Waals surface area contributed by atoms with Crippen molar-refractivity contribution < 1.29 is 24.2 Å². The van der Waals surface area contributed by atoms with Crippen molar-refractivity contribution in [2.45, 2.75) is 38.0 Å². The Morgan fingerprint density at radius 3 is 2.71 bits per heavy atom. The van der Waals surface area contributed by atoms with Crippen LogP contribution in [0, 0.1) is 0 Å². The van der Waals surface area contributed by atoms with Crippen LogP contribution in [-0.4, -0.2) is 47.2 Å². The van der Waals surface area contributed by atoms with Gasteiger partial charge >= 0.3 is 5.97 Å². The van der Waals surface area contributed by atoms with Gasteiger partial charge in [-0.25, -0.2) is 4.79 Å². The van der Waals surface area contributed by atoms with E-state index in [0.717, 1.165) is 22.8 Å². The van der Waals surface area contributed by atoms with E-state index in [4.69, 9.17) is 9.47 Å². The highest BCUT2D eigenvalue weighted by molar-refractivity contribution is 7.99. The molecule has 1 aliphatic heterocycles. The molecule has 1 aromatic carbocycles. The largest absolute Gasteiger partial charge is 0.497 e. The number of rotatable bonds is 7. The number of carbonyl (C=O) groups is 2. The third kappa shape index (κ3) is 4.64. The Hall–Kier alpha value is -1.73. The van der Waals surface area contributed by atoms with Gasteiger partial charge in [-0.2, -0.15) is 11.8 Å². The lowest BCUT2D eigenvalue weighted by Gasteiger charge is -2.34. The number of hydrogen-bond donors (Lipinski definition) is 2. The SMILES string of the molecule is COc1cccc(COC(C)C(=O)NC2(C(=O)O)CCSCC2)c1. The standard InChI is InChI=1S/C17H23NO5S/c1-12(23-11-13-4-3-5-14(10-13)22-2)15(19)18-17(16(20)21)6-8-24-9-7-17/h3-5,10,12H,6-9,11H2,1-2H3,(H,18,19)(H,20,21). The molecule has 1 unspecified atom stereocenters. The van der Waals surface area contributed by atoms with Crippen LogP contribution in [0.25, 0.3) is 0 Å². The predicted octanol–water partition coefficient (Wildman–Crippen LogP) is 2.07. The lowest BCUT2D eigenvalue weighted by molar-refractivity contribution is -0.150. The molecular weight excluding hydrogens is 330 g/mol. The molecule has 24 heavy (non-hydrogen) atoms. The first kappa shape index (κ1) is 18.6. The van der Waals surface area contributed by atoms with E-state index < -0.39 is 23.5 Å². The van der Waals surface area contributed by atoms with Gasteiger partial charge in [-0.1, -0.05) is 12.1 Å². The van der Waals surface area contributed by atoms with Crippen molar-refractivity contribution in [1.82, 2.24) is 5.32 Å². The normalized spacial score (nSPS) is 17.8. The maximum atomic E-state index is 12.3. The third-order valence-corrected chi connectivity index (χ3v) is 5.11. The van der Waals surface area contributed by atoms with E-state index in [9.17, 15) is 14.7 Å². The fourth-order valence-electron chi connectivity index (χ4n) is 2.51. The molecule has 7 heteroatoms. The van der Waals surface area contributed by atoms with E-state index in [1.807, 2.05) is 24.3 Å². The number of hydrogen-bond acceptors (Lipinski definition) is 5. The molecule has 6 nitrogen and oxygen atoms in total. The second kappa shape index (κ2) is 8.39. The second-order valence-corrected chi connectivity index (χ2v) is 7.02. The summed E-state index contributed by atoms with van der Waals surface area (Å²) >= 11 is 1.70. The summed E-state index contributed by atoms with van der Waals surface area (Å²) in [4.78, 5) is 23.9. The van der Waals surface area contributed by atoms with E-state index in [0.29, 0.717) is 12.8 Å². The summed E-state index contributed by atoms with van der Waals surface area (Å²) in [6.07, 6.45) is 0.130. The first-order valence-electron chi connectivity index (χ1n) is 7.84. The Morgan fingerprint density at radius 2 is 2.08 bits per heavy atom. The number of carboxylic acid groups (broad SMARTS) is 1. The minimum Gasteiger partial charge on any atom is -0.497 e. The van der Waals surface area contributed by atoms with Gasteiger partial charge in [0.2, 0.25) is 5.91 Å². The fraction of sp³-hybridized carbons (Fsp3) is 0.529. The maximum absolute atomic E-state index is 12.3. The molecule has 0 aliphatic carbocycles. The molecule has 0 aromatic heterocycles. The van der Waals surface area contributed by atoms with Crippen LogP contribution in [0.2, 0.25) is 0 Å². The molecule has 1 heterocycles. The van der Waals surface area contributed by atoms with Gasteiger partial charge in [-0.3, -0.25) is 4.79 Å². The summed E-state index contributed by atoms with van der Waals surface area (Å²) in [6, 6.07) is 7.39. The summed E-state index contributed by atoms with van der Waals surface area (Å²) in [5.41, 5.74) is -0.286. The Kier molecular flexibility index (Phi) is 6.51. The molecule has 2 rings (SSSR count). The van der Waals surface area contributed by atoms with Crippen LogP contribution in [0.4, 0.5) is 0 Å². The highest BCUT2D eigenvalue weighted by Crippen LogP contribution is 2.27.